The van der Waals surface area contributed by atoms with Crippen molar-refractivity contribution in [2.75, 3.05) is 19.6 Å². The van der Waals surface area contributed by atoms with E-state index in [9.17, 15) is 4.79 Å². The summed E-state index contributed by atoms with van der Waals surface area (Å²) in [6.07, 6.45) is 10.8. The highest BCUT2D eigenvalue weighted by Crippen LogP contribution is 2.20. The first kappa shape index (κ1) is 17.2. The molecule has 5 heteroatoms. The first-order valence-corrected chi connectivity index (χ1v) is 8.73. The van der Waals surface area contributed by atoms with E-state index in [1.165, 1.54) is 0 Å². The molecule has 3 rings (SSSR count). The number of piperidine rings is 1. The molecule has 1 atom stereocenters. The van der Waals surface area contributed by atoms with Crippen molar-refractivity contribution < 1.29 is 4.79 Å². The number of nitrogens with zero attached hydrogens (tertiary/aromatic N) is 3. The monoisotopic (exact) mass is 336 g/mol. The average Bonchev–Trinajstić information content (AvgIpc) is 3.17. The number of carbonyl (C=O) groups excluding carboxylic acids is 1. The van der Waals surface area contributed by atoms with Crippen LogP contribution in [0.25, 0.3) is 5.69 Å². The van der Waals surface area contributed by atoms with Gasteiger partial charge in [-0.15, -0.1) is 6.42 Å². The van der Waals surface area contributed by atoms with E-state index in [2.05, 4.69) is 27.3 Å². The number of carbonyl (C=O) groups is 1. The number of terminal acetylenes is 1. The van der Waals surface area contributed by atoms with Gasteiger partial charge in [0.15, 0.2) is 0 Å². The molecule has 1 aromatic carbocycles. The van der Waals surface area contributed by atoms with Gasteiger partial charge in [-0.05, 0) is 56.6 Å². The van der Waals surface area contributed by atoms with E-state index >= 15 is 0 Å². The number of rotatable bonds is 5. The lowest BCUT2D eigenvalue weighted by molar-refractivity contribution is -0.127. The molecule has 5 nitrogen and oxygen atoms in total. The van der Waals surface area contributed by atoms with E-state index in [4.69, 9.17) is 6.42 Å². The van der Waals surface area contributed by atoms with Crippen molar-refractivity contribution >= 4 is 5.91 Å². The number of amides is 1. The van der Waals surface area contributed by atoms with Gasteiger partial charge in [-0.2, -0.15) is 5.10 Å². The summed E-state index contributed by atoms with van der Waals surface area (Å²) in [6.45, 7) is 4.48. The quantitative estimate of drug-likeness (QED) is 0.853. The number of hydrogen-bond acceptors (Lipinski definition) is 3. The van der Waals surface area contributed by atoms with Crippen LogP contribution in [0, 0.1) is 18.3 Å². The second-order valence-corrected chi connectivity index (χ2v) is 6.53. The molecule has 1 amide bonds. The van der Waals surface area contributed by atoms with Gasteiger partial charge in [-0.3, -0.25) is 9.69 Å². The predicted octanol–water partition coefficient (Wildman–Crippen LogP) is 2.39. The highest BCUT2D eigenvalue weighted by atomic mass is 16.1. The number of aromatic nitrogens is 2. The Bertz CT molecular complexity index is 739. The smallest absolute Gasteiger partial charge is 0.223 e. The van der Waals surface area contributed by atoms with Crippen molar-refractivity contribution in [3.63, 3.8) is 0 Å². The van der Waals surface area contributed by atoms with Gasteiger partial charge in [0, 0.05) is 18.3 Å². The highest BCUT2D eigenvalue weighted by molar-refractivity contribution is 5.79. The van der Waals surface area contributed by atoms with Gasteiger partial charge in [-0.25, -0.2) is 4.68 Å². The number of likely N-dealkylation sites (tertiary alicyclic amines) is 1. The molecular weight excluding hydrogens is 312 g/mol. The standard InChI is InChI=1S/C20H24N4O/c1-3-11-23-13-8-17(9-14-23)20(25)22-16(2)18-6-4-7-19(15-18)24-12-5-10-21-24/h1,4-7,10,12,15-17H,8-9,11,13-14H2,2H3,(H,22,25)/t16-/m1/s1. The molecule has 1 N–H and O–H groups in total. The van der Waals surface area contributed by atoms with Crippen molar-refractivity contribution in [2.45, 2.75) is 25.8 Å². The molecule has 0 bridgehead atoms. The topological polar surface area (TPSA) is 50.2 Å². The van der Waals surface area contributed by atoms with E-state index in [0.29, 0.717) is 6.54 Å². The third-order valence-electron chi connectivity index (χ3n) is 4.77. The van der Waals surface area contributed by atoms with E-state index in [0.717, 1.165) is 37.2 Å². The lowest BCUT2D eigenvalue weighted by Gasteiger charge is -2.30. The first-order valence-electron chi connectivity index (χ1n) is 8.73. The first-order chi connectivity index (χ1) is 12.2. The molecule has 1 saturated heterocycles. The van der Waals surface area contributed by atoms with Gasteiger partial charge in [0.05, 0.1) is 18.3 Å². The summed E-state index contributed by atoms with van der Waals surface area (Å²) in [5, 5.41) is 7.41. The summed E-state index contributed by atoms with van der Waals surface area (Å²) < 4.78 is 1.82. The van der Waals surface area contributed by atoms with Gasteiger partial charge >= 0.3 is 0 Å². The van der Waals surface area contributed by atoms with Crippen molar-refractivity contribution in [1.82, 2.24) is 20.0 Å². The molecule has 1 aliphatic rings. The summed E-state index contributed by atoms with van der Waals surface area (Å²) in [5.74, 6) is 2.88. The summed E-state index contributed by atoms with van der Waals surface area (Å²) in [5.41, 5.74) is 2.07. The number of hydrogen-bond donors (Lipinski definition) is 1. The molecule has 130 valence electrons. The minimum absolute atomic E-state index is 0.0354. The predicted molar refractivity (Wildman–Crippen MR) is 98.1 cm³/mol. The number of nitrogens with one attached hydrogen (secondary N) is 1. The van der Waals surface area contributed by atoms with Gasteiger partial charge in [-0.1, -0.05) is 18.1 Å². The molecule has 0 aliphatic carbocycles. The van der Waals surface area contributed by atoms with Crippen LogP contribution in [0.5, 0.6) is 0 Å². The molecule has 0 saturated carbocycles. The lowest BCUT2D eigenvalue weighted by Crippen LogP contribution is -2.41. The van der Waals surface area contributed by atoms with Crippen molar-refractivity contribution in [3.05, 3.63) is 48.3 Å². The van der Waals surface area contributed by atoms with Gasteiger partial charge in [0.25, 0.3) is 0 Å². The Balaban J connectivity index is 1.59. The van der Waals surface area contributed by atoms with Gasteiger partial charge in [0.2, 0.25) is 5.91 Å². The molecule has 1 aromatic heterocycles. The zero-order valence-electron chi connectivity index (χ0n) is 14.6. The van der Waals surface area contributed by atoms with Crippen LogP contribution in [0.4, 0.5) is 0 Å². The molecule has 25 heavy (non-hydrogen) atoms. The third kappa shape index (κ3) is 4.28. The normalized spacial score (nSPS) is 17.0. The van der Waals surface area contributed by atoms with Crippen LogP contribution in [0.15, 0.2) is 42.7 Å². The fraction of sp³-hybridized carbons (Fsp3) is 0.400. The summed E-state index contributed by atoms with van der Waals surface area (Å²) in [7, 11) is 0. The van der Waals surface area contributed by atoms with Crippen LogP contribution in [-0.2, 0) is 4.79 Å². The van der Waals surface area contributed by atoms with E-state index in [1.54, 1.807) is 6.20 Å². The largest absolute Gasteiger partial charge is 0.349 e. The van der Waals surface area contributed by atoms with Crippen LogP contribution < -0.4 is 5.32 Å². The van der Waals surface area contributed by atoms with Crippen LogP contribution >= 0.6 is 0 Å². The average molecular weight is 336 g/mol. The van der Waals surface area contributed by atoms with Crippen LogP contribution in [0.3, 0.4) is 0 Å². The van der Waals surface area contributed by atoms with E-state index in [1.807, 2.05) is 42.1 Å². The fourth-order valence-corrected chi connectivity index (χ4v) is 3.26. The molecule has 0 spiro atoms. The zero-order chi connectivity index (χ0) is 17.6. The third-order valence-corrected chi connectivity index (χ3v) is 4.77. The molecule has 0 radical (unpaired) electrons. The second-order valence-electron chi connectivity index (χ2n) is 6.53. The maximum Gasteiger partial charge on any atom is 0.223 e. The maximum atomic E-state index is 12.6. The SMILES string of the molecule is C#CCN1CCC(C(=O)N[C@H](C)c2cccc(-n3cccn3)c2)CC1. The van der Waals surface area contributed by atoms with Gasteiger partial charge < -0.3 is 5.32 Å². The van der Waals surface area contributed by atoms with Crippen LogP contribution in [0.1, 0.15) is 31.4 Å². The van der Waals surface area contributed by atoms with Crippen molar-refractivity contribution in [2.24, 2.45) is 5.92 Å². The summed E-state index contributed by atoms with van der Waals surface area (Å²) >= 11 is 0. The molecule has 0 unspecified atom stereocenters. The Morgan fingerprint density at radius 1 is 1.40 bits per heavy atom. The van der Waals surface area contributed by atoms with Crippen molar-refractivity contribution in [1.29, 1.82) is 0 Å². The maximum absolute atomic E-state index is 12.6. The Kier molecular flexibility index (Phi) is 5.52. The van der Waals surface area contributed by atoms with Gasteiger partial charge in [0.1, 0.15) is 0 Å². The lowest BCUT2D eigenvalue weighted by atomic mass is 9.95. The Labute approximate surface area is 149 Å². The zero-order valence-corrected chi connectivity index (χ0v) is 14.6. The van der Waals surface area contributed by atoms with Crippen LogP contribution in [-0.4, -0.2) is 40.2 Å². The van der Waals surface area contributed by atoms with Crippen molar-refractivity contribution in [3.8, 4) is 18.0 Å². The van der Waals surface area contributed by atoms with Crippen LogP contribution in [0.2, 0.25) is 0 Å². The minimum Gasteiger partial charge on any atom is -0.349 e. The minimum atomic E-state index is -0.0354. The second kappa shape index (κ2) is 8.00. The fourth-order valence-electron chi connectivity index (χ4n) is 3.26. The summed E-state index contributed by atoms with van der Waals surface area (Å²) in [4.78, 5) is 14.8. The van der Waals surface area contributed by atoms with E-state index in [-0.39, 0.29) is 17.9 Å². The molecule has 2 aromatic rings. The Morgan fingerprint density at radius 2 is 2.20 bits per heavy atom. The summed E-state index contributed by atoms with van der Waals surface area (Å²) in [6, 6.07) is 9.96. The molecule has 1 fully saturated rings. The highest BCUT2D eigenvalue weighted by Gasteiger charge is 2.25. The Hall–Kier alpha value is -2.58. The van der Waals surface area contributed by atoms with E-state index < -0.39 is 0 Å². The molecule has 2 heterocycles. The number of benzene rings is 1. The Morgan fingerprint density at radius 3 is 2.88 bits per heavy atom. The molecular formula is C20H24N4O. The molecule has 1 aliphatic heterocycles.